The minimum absolute atomic E-state index is 0.110. The molecule has 0 aliphatic carbocycles. The van der Waals surface area contributed by atoms with Gasteiger partial charge in [-0.25, -0.2) is 0 Å². The Morgan fingerprint density at radius 1 is 1.10 bits per heavy atom. The summed E-state index contributed by atoms with van der Waals surface area (Å²) >= 11 is 1.55. The van der Waals surface area contributed by atoms with E-state index in [0.29, 0.717) is 11.3 Å². The molecule has 104 valence electrons. The fourth-order valence-electron chi connectivity index (χ4n) is 1.76. The molecule has 0 radical (unpaired) electrons. The largest absolute Gasteiger partial charge is 0.491 e. The number of carbonyl (C=O) groups is 1. The highest BCUT2D eigenvalue weighted by molar-refractivity contribution is 8.00. The smallest absolute Gasteiger partial charge is 0.173 e. The molecule has 0 aliphatic heterocycles. The third-order valence-electron chi connectivity index (χ3n) is 2.64. The lowest BCUT2D eigenvalue weighted by Crippen LogP contribution is -2.07. The van der Waals surface area contributed by atoms with Gasteiger partial charge in [-0.2, -0.15) is 0 Å². The van der Waals surface area contributed by atoms with E-state index >= 15 is 0 Å². The average molecular weight is 286 g/mol. The van der Waals surface area contributed by atoms with Crippen molar-refractivity contribution < 1.29 is 9.53 Å². The number of thioether (sulfide) groups is 1. The van der Waals surface area contributed by atoms with Crippen molar-refractivity contribution in [1.82, 2.24) is 0 Å². The second-order valence-electron chi connectivity index (χ2n) is 4.72. The highest BCUT2D eigenvalue weighted by Crippen LogP contribution is 2.20. The summed E-state index contributed by atoms with van der Waals surface area (Å²) in [5.41, 5.74) is 0.701. The second kappa shape index (κ2) is 7.15. The SMILES string of the molecule is CC(C)Oc1cccc(C(=O)CSc2ccccc2)c1. The fourth-order valence-corrected chi connectivity index (χ4v) is 2.58. The summed E-state index contributed by atoms with van der Waals surface area (Å²) in [4.78, 5) is 13.3. The van der Waals surface area contributed by atoms with Crippen LogP contribution in [0, 0.1) is 0 Å². The molecule has 2 rings (SSSR count). The first kappa shape index (κ1) is 14.7. The predicted molar refractivity (Wildman–Crippen MR) is 83.7 cm³/mol. The first-order chi connectivity index (χ1) is 9.65. The first-order valence-electron chi connectivity index (χ1n) is 6.63. The average Bonchev–Trinajstić information content (AvgIpc) is 2.45. The minimum atomic E-state index is 0.110. The van der Waals surface area contributed by atoms with Crippen molar-refractivity contribution in [3.63, 3.8) is 0 Å². The van der Waals surface area contributed by atoms with E-state index in [1.807, 2.05) is 68.4 Å². The molecule has 0 spiro atoms. The molecular weight excluding hydrogens is 268 g/mol. The first-order valence-corrected chi connectivity index (χ1v) is 7.61. The number of ether oxygens (including phenoxy) is 1. The predicted octanol–water partition coefficient (Wildman–Crippen LogP) is 4.45. The van der Waals surface area contributed by atoms with Gasteiger partial charge in [0.2, 0.25) is 0 Å². The normalized spacial score (nSPS) is 10.6. The molecule has 2 aromatic rings. The topological polar surface area (TPSA) is 26.3 Å². The van der Waals surface area contributed by atoms with Crippen molar-refractivity contribution in [2.75, 3.05) is 5.75 Å². The molecule has 0 atom stereocenters. The van der Waals surface area contributed by atoms with Gasteiger partial charge in [-0.3, -0.25) is 4.79 Å². The van der Waals surface area contributed by atoms with Gasteiger partial charge >= 0.3 is 0 Å². The van der Waals surface area contributed by atoms with Gasteiger partial charge in [-0.05, 0) is 38.1 Å². The molecule has 0 saturated heterocycles. The van der Waals surface area contributed by atoms with E-state index in [-0.39, 0.29) is 11.9 Å². The van der Waals surface area contributed by atoms with Crippen LogP contribution < -0.4 is 4.74 Å². The second-order valence-corrected chi connectivity index (χ2v) is 5.77. The minimum Gasteiger partial charge on any atom is -0.491 e. The standard InChI is InChI=1S/C17H18O2S/c1-13(2)19-15-8-6-7-14(11-15)17(18)12-20-16-9-4-3-5-10-16/h3-11,13H,12H2,1-2H3. The van der Waals surface area contributed by atoms with E-state index in [1.165, 1.54) is 0 Å². The van der Waals surface area contributed by atoms with Crippen molar-refractivity contribution in [3.05, 3.63) is 60.2 Å². The summed E-state index contributed by atoms with van der Waals surface area (Å²) in [5, 5.41) is 0. The molecule has 2 aromatic carbocycles. The summed E-state index contributed by atoms with van der Waals surface area (Å²) < 4.78 is 5.61. The van der Waals surface area contributed by atoms with E-state index in [2.05, 4.69) is 0 Å². The molecule has 2 nitrogen and oxygen atoms in total. The molecule has 0 N–H and O–H groups in total. The number of hydrogen-bond donors (Lipinski definition) is 0. The van der Waals surface area contributed by atoms with Crippen LogP contribution in [0.1, 0.15) is 24.2 Å². The lowest BCUT2D eigenvalue weighted by Gasteiger charge is -2.10. The lowest BCUT2D eigenvalue weighted by molar-refractivity contribution is 0.102. The van der Waals surface area contributed by atoms with Gasteiger partial charge in [0, 0.05) is 10.5 Å². The van der Waals surface area contributed by atoms with Crippen LogP contribution in [0.25, 0.3) is 0 Å². The summed E-state index contributed by atoms with van der Waals surface area (Å²) in [6, 6.07) is 17.3. The van der Waals surface area contributed by atoms with Gasteiger partial charge in [-0.1, -0.05) is 30.3 Å². The molecule has 20 heavy (non-hydrogen) atoms. The van der Waals surface area contributed by atoms with Crippen molar-refractivity contribution in [3.8, 4) is 5.75 Å². The van der Waals surface area contributed by atoms with Crippen LogP contribution in [0.15, 0.2) is 59.5 Å². The van der Waals surface area contributed by atoms with Crippen LogP contribution in [0.4, 0.5) is 0 Å². The number of rotatable bonds is 6. The highest BCUT2D eigenvalue weighted by atomic mass is 32.2. The Hall–Kier alpha value is -1.74. The van der Waals surface area contributed by atoms with Gasteiger partial charge in [0.25, 0.3) is 0 Å². The third-order valence-corrected chi connectivity index (χ3v) is 3.65. The Bertz CT molecular complexity index is 564. The van der Waals surface area contributed by atoms with Crippen LogP contribution in [-0.4, -0.2) is 17.6 Å². The maximum Gasteiger partial charge on any atom is 0.173 e. The quantitative estimate of drug-likeness (QED) is 0.579. The van der Waals surface area contributed by atoms with Gasteiger partial charge in [0.05, 0.1) is 11.9 Å². The summed E-state index contributed by atoms with van der Waals surface area (Å²) in [7, 11) is 0. The summed E-state index contributed by atoms with van der Waals surface area (Å²) in [6.45, 7) is 3.94. The number of benzene rings is 2. The molecule has 0 aliphatic rings. The Labute approximate surface area is 124 Å². The van der Waals surface area contributed by atoms with Crippen molar-refractivity contribution in [1.29, 1.82) is 0 Å². The van der Waals surface area contributed by atoms with Crippen LogP contribution in [0.2, 0.25) is 0 Å². The summed E-state index contributed by atoms with van der Waals surface area (Å²) in [6.07, 6.45) is 0.110. The van der Waals surface area contributed by atoms with Gasteiger partial charge in [-0.15, -0.1) is 11.8 Å². The third kappa shape index (κ3) is 4.42. The van der Waals surface area contributed by atoms with Crippen molar-refractivity contribution in [2.45, 2.75) is 24.8 Å². The Kier molecular flexibility index (Phi) is 5.24. The molecule has 0 aromatic heterocycles. The van der Waals surface area contributed by atoms with E-state index in [9.17, 15) is 4.79 Å². The van der Waals surface area contributed by atoms with Crippen LogP contribution in [-0.2, 0) is 0 Å². The monoisotopic (exact) mass is 286 g/mol. The zero-order chi connectivity index (χ0) is 14.4. The number of carbonyl (C=O) groups excluding carboxylic acids is 1. The van der Waals surface area contributed by atoms with Crippen LogP contribution in [0.5, 0.6) is 5.75 Å². The van der Waals surface area contributed by atoms with Gasteiger partial charge < -0.3 is 4.74 Å². The maximum atomic E-state index is 12.2. The molecule has 0 unspecified atom stereocenters. The molecule has 0 bridgehead atoms. The van der Waals surface area contributed by atoms with Gasteiger partial charge in [0.1, 0.15) is 5.75 Å². The van der Waals surface area contributed by atoms with E-state index in [1.54, 1.807) is 11.8 Å². The van der Waals surface area contributed by atoms with Crippen LogP contribution in [0.3, 0.4) is 0 Å². The number of Topliss-reactive ketones (excluding diaryl/α,β-unsaturated/α-hetero) is 1. The zero-order valence-corrected chi connectivity index (χ0v) is 12.5. The molecular formula is C17H18O2S. The van der Waals surface area contributed by atoms with Crippen molar-refractivity contribution in [2.24, 2.45) is 0 Å². The highest BCUT2D eigenvalue weighted by Gasteiger charge is 2.08. The van der Waals surface area contributed by atoms with E-state index < -0.39 is 0 Å². The lowest BCUT2D eigenvalue weighted by atomic mass is 10.1. The summed E-state index contributed by atoms with van der Waals surface area (Å²) in [5.74, 6) is 1.30. The van der Waals surface area contributed by atoms with E-state index in [4.69, 9.17) is 4.74 Å². The molecule has 0 heterocycles. The molecule has 0 amide bonds. The van der Waals surface area contributed by atoms with E-state index in [0.717, 1.165) is 10.6 Å². The maximum absolute atomic E-state index is 12.2. The Morgan fingerprint density at radius 2 is 1.85 bits per heavy atom. The molecule has 3 heteroatoms. The fraction of sp³-hybridized carbons (Fsp3) is 0.235. The van der Waals surface area contributed by atoms with Crippen molar-refractivity contribution >= 4 is 17.5 Å². The number of ketones is 1. The van der Waals surface area contributed by atoms with Crippen LogP contribution >= 0.6 is 11.8 Å². The number of hydrogen-bond acceptors (Lipinski definition) is 3. The van der Waals surface area contributed by atoms with Gasteiger partial charge in [0.15, 0.2) is 5.78 Å². The molecule has 0 fully saturated rings. The Balaban J connectivity index is 1.98. The molecule has 0 saturated carbocycles. The zero-order valence-electron chi connectivity index (χ0n) is 11.7. The Morgan fingerprint density at radius 3 is 2.55 bits per heavy atom.